The number of aryl methyl sites for hydroxylation is 2. The number of thioether (sulfide) groups is 1. The molecule has 1 heterocycles. The van der Waals surface area contributed by atoms with Crippen LogP contribution in [-0.4, -0.2) is 36.2 Å². The molecule has 0 saturated heterocycles. The molecule has 3 N–H and O–H groups in total. The van der Waals surface area contributed by atoms with Crippen LogP contribution in [0.4, 0.5) is 5.82 Å². The summed E-state index contributed by atoms with van der Waals surface area (Å²) >= 11 is 1.73. The highest BCUT2D eigenvalue weighted by molar-refractivity contribution is 14.0. The van der Waals surface area contributed by atoms with E-state index in [1.807, 2.05) is 26.0 Å². The number of anilines is 1. The van der Waals surface area contributed by atoms with Gasteiger partial charge in [0.2, 0.25) is 5.91 Å². The Morgan fingerprint density at radius 1 is 1.17 bits per heavy atom. The van der Waals surface area contributed by atoms with Crippen molar-refractivity contribution in [3.05, 3.63) is 53.2 Å². The molecule has 8 heteroatoms. The lowest BCUT2D eigenvalue weighted by Crippen LogP contribution is -2.38. The molecule has 0 atom stereocenters. The maximum Gasteiger partial charge on any atom is 0.227 e. The molecule has 0 spiro atoms. The van der Waals surface area contributed by atoms with Gasteiger partial charge >= 0.3 is 0 Å². The molecule has 1 aromatic carbocycles. The number of aromatic nitrogens is 1. The fourth-order valence-corrected chi connectivity index (χ4v) is 3.30. The molecule has 158 valence electrons. The number of nitrogens with zero attached hydrogens (tertiary/aromatic N) is 2. The van der Waals surface area contributed by atoms with Crippen molar-refractivity contribution >= 4 is 53.4 Å². The second-order valence-corrected chi connectivity index (χ2v) is 7.25. The van der Waals surface area contributed by atoms with Crippen LogP contribution in [0.5, 0.6) is 0 Å². The summed E-state index contributed by atoms with van der Waals surface area (Å²) < 4.78 is 0. The number of hydrogen-bond acceptors (Lipinski definition) is 4. The first-order chi connectivity index (χ1) is 13.5. The van der Waals surface area contributed by atoms with Crippen molar-refractivity contribution in [1.29, 1.82) is 0 Å². The van der Waals surface area contributed by atoms with Gasteiger partial charge in [-0.3, -0.25) is 4.79 Å². The maximum atomic E-state index is 12.1. The van der Waals surface area contributed by atoms with Crippen LogP contribution in [0.15, 0.2) is 46.3 Å². The zero-order valence-electron chi connectivity index (χ0n) is 17.4. The lowest BCUT2D eigenvalue weighted by Gasteiger charge is -2.12. The minimum absolute atomic E-state index is 0. The van der Waals surface area contributed by atoms with Crippen LogP contribution in [0.3, 0.4) is 0 Å². The highest BCUT2D eigenvalue weighted by atomic mass is 127. The van der Waals surface area contributed by atoms with Crippen LogP contribution < -0.4 is 16.0 Å². The van der Waals surface area contributed by atoms with Crippen LogP contribution in [0.25, 0.3) is 0 Å². The molecule has 2 rings (SSSR count). The normalized spacial score (nSPS) is 10.8. The second kappa shape index (κ2) is 13.4. The first-order valence-electron chi connectivity index (χ1n) is 9.41. The van der Waals surface area contributed by atoms with Gasteiger partial charge in [0.15, 0.2) is 5.96 Å². The standard InChI is InChI=1S/C21H29N5OS.HI/c1-5-22-21(24-14-17-10-9-15(2)13-18(17)28-4)23-12-11-20(27)26-19-8-6-7-16(3)25-19;/h6-10,13H,5,11-12,14H2,1-4H3,(H2,22,23,24)(H,25,26,27);1H. The highest BCUT2D eigenvalue weighted by Gasteiger charge is 2.06. The summed E-state index contributed by atoms with van der Waals surface area (Å²) in [6.45, 7) is 7.85. The van der Waals surface area contributed by atoms with Gasteiger partial charge < -0.3 is 16.0 Å². The van der Waals surface area contributed by atoms with Crippen molar-refractivity contribution in [2.24, 2.45) is 4.99 Å². The van der Waals surface area contributed by atoms with Crippen molar-refractivity contribution in [3.8, 4) is 0 Å². The third-order valence-corrected chi connectivity index (χ3v) is 4.81. The summed E-state index contributed by atoms with van der Waals surface area (Å²) in [5.41, 5.74) is 3.31. The average molecular weight is 527 g/mol. The molecular weight excluding hydrogens is 497 g/mol. The quantitative estimate of drug-likeness (QED) is 0.208. The van der Waals surface area contributed by atoms with Crippen molar-refractivity contribution < 1.29 is 4.79 Å². The van der Waals surface area contributed by atoms with Crippen LogP contribution in [-0.2, 0) is 11.3 Å². The Morgan fingerprint density at radius 3 is 2.66 bits per heavy atom. The third kappa shape index (κ3) is 9.03. The molecule has 0 aliphatic rings. The van der Waals surface area contributed by atoms with E-state index in [-0.39, 0.29) is 29.9 Å². The molecule has 2 aromatic rings. The van der Waals surface area contributed by atoms with Crippen LogP contribution in [0.2, 0.25) is 0 Å². The van der Waals surface area contributed by atoms with E-state index in [0.29, 0.717) is 31.3 Å². The number of carbonyl (C=O) groups excluding carboxylic acids is 1. The second-order valence-electron chi connectivity index (χ2n) is 6.40. The summed E-state index contributed by atoms with van der Waals surface area (Å²) in [6.07, 6.45) is 2.41. The van der Waals surface area contributed by atoms with E-state index in [1.54, 1.807) is 17.8 Å². The Labute approximate surface area is 194 Å². The smallest absolute Gasteiger partial charge is 0.227 e. The zero-order valence-corrected chi connectivity index (χ0v) is 20.6. The third-order valence-electron chi connectivity index (χ3n) is 3.99. The van der Waals surface area contributed by atoms with E-state index in [1.165, 1.54) is 16.0 Å². The number of hydrogen-bond donors (Lipinski definition) is 3. The first-order valence-corrected chi connectivity index (χ1v) is 10.6. The number of carbonyl (C=O) groups is 1. The Morgan fingerprint density at radius 2 is 1.97 bits per heavy atom. The van der Waals surface area contributed by atoms with E-state index >= 15 is 0 Å². The van der Waals surface area contributed by atoms with Crippen LogP contribution >= 0.6 is 35.7 Å². The number of amides is 1. The molecule has 0 radical (unpaired) electrons. The Bertz CT molecular complexity index is 828. The van der Waals surface area contributed by atoms with Crippen molar-refractivity contribution in [1.82, 2.24) is 15.6 Å². The van der Waals surface area contributed by atoms with E-state index in [4.69, 9.17) is 0 Å². The molecule has 6 nitrogen and oxygen atoms in total. The first kappa shape index (κ1) is 25.2. The van der Waals surface area contributed by atoms with Crippen molar-refractivity contribution in [2.45, 2.75) is 38.6 Å². The fourth-order valence-electron chi connectivity index (χ4n) is 2.60. The number of pyridine rings is 1. The summed E-state index contributed by atoms with van der Waals surface area (Å²) in [5.74, 6) is 1.20. The minimum atomic E-state index is -0.0790. The van der Waals surface area contributed by atoms with Gasteiger partial charge in [0, 0.05) is 30.1 Å². The maximum absolute atomic E-state index is 12.1. The topological polar surface area (TPSA) is 78.4 Å². The lowest BCUT2D eigenvalue weighted by atomic mass is 10.1. The van der Waals surface area contributed by atoms with Gasteiger partial charge in [-0.25, -0.2) is 9.98 Å². The summed E-state index contributed by atoms with van der Waals surface area (Å²) in [7, 11) is 0. The molecule has 29 heavy (non-hydrogen) atoms. The van der Waals surface area contributed by atoms with E-state index in [9.17, 15) is 4.79 Å². The fraction of sp³-hybridized carbons (Fsp3) is 0.381. The SMILES string of the molecule is CCNC(=NCc1ccc(C)cc1SC)NCCC(=O)Nc1cccc(C)n1.I. The van der Waals surface area contributed by atoms with Gasteiger partial charge in [0.25, 0.3) is 0 Å². The van der Waals surface area contributed by atoms with Gasteiger partial charge in [-0.15, -0.1) is 35.7 Å². The van der Waals surface area contributed by atoms with Gasteiger partial charge in [-0.05, 0) is 56.4 Å². The summed E-state index contributed by atoms with van der Waals surface area (Å²) in [5, 5.41) is 9.25. The molecule has 0 unspecified atom stereocenters. The van der Waals surface area contributed by atoms with Gasteiger partial charge in [0.1, 0.15) is 5.82 Å². The van der Waals surface area contributed by atoms with E-state index in [0.717, 1.165) is 12.2 Å². The zero-order chi connectivity index (χ0) is 20.4. The molecule has 0 saturated carbocycles. The molecule has 0 fully saturated rings. The van der Waals surface area contributed by atoms with Crippen molar-refractivity contribution in [3.63, 3.8) is 0 Å². The molecular formula is C21H30IN5OS. The van der Waals surface area contributed by atoms with E-state index < -0.39 is 0 Å². The monoisotopic (exact) mass is 527 g/mol. The van der Waals surface area contributed by atoms with Gasteiger partial charge in [0.05, 0.1) is 6.54 Å². The number of guanidine groups is 1. The molecule has 0 aliphatic heterocycles. The molecule has 1 aromatic heterocycles. The Kier molecular flexibility index (Phi) is 11.7. The molecule has 1 amide bonds. The van der Waals surface area contributed by atoms with Crippen LogP contribution in [0.1, 0.15) is 30.2 Å². The largest absolute Gasteiger partial charge is 0.357 e. The highest BCUT2D eigenvalue weighted by Crippen LogP contribution is 2.22. The van der Waals surface area contributed by atoms with Crippen molar-refractivity contribution in [2.75, 3.05) is 24.7 Å². The predicted octanol–water partition coefficient (Wildman–Crippen LogP) is 4.12. The van der Waals surface area contributed by atoms with E-state index in [2.05, 4.69) is 57.3 Å². The molecule has 0 bridgehead atoms. The predicted molar refractivity (Wildman–Crippen MR) is 133 cm³/mol. The molecule has 0 aliphatic carbocycles. The number of nitrogens with one attached hydrogen (secondary N) is 3. The Balaban J connectivity index is 0.00000420. The Hall–Kier alpha value is -1.81. The summed E-state index contributed by atoms with van der Waals surface area (Å²) in [6, 6.07) is 12.0. The minimum Gasteiger partial charge on any atom is -0.357 e. The average Bonchev–Trinajstić information content (AvgIpc) is 2.66. The van der Waals surface area contributed by atoms with Gasteiger partial charge in [-0.1, -0.05) is 18.2 Å². The number of halogens is 1. The van der Waals surface area contributed by atoms with Crippen LogP contribution in [0, 0.1) is 13.8 Å². The summed E-state index contributed by atoms with van der Waals surface area (Å²) in [4.78, 5) is 22.3. The number of rotatable bonds is 8. The van der Waals surface area contributed by atoms with Gasteiger partial charge in [-0.2, -0.15) is 0 Å². The number of benzene rings is 1. The number of aliphatic imine (C=N–C) groups is 1. The lowest BCUT2D eigenvalue weighted by molar-refractivity contribution is -0.116.